The van der Waals surface area contributed by atoms with Crippen molar-refractivity contribution in [3.63, 3.8) is 0 Å². The molecular formula is C96H71BN4. The molecule has 0 radical (unpaired) electrons. The number of rotatable bonds is 10. The molecule has 2 aliphatic heterocycles. The predicted molar refractivity (Wildman–Crippen MR) is 430 cm³/mol. The first-order valence-electron chi connectivity index (χ1n) is 47.9. The maximum Gasteiger partial charge on any atom is 0.252 e. The Hall–Kier alpha value is -12.4. The Morgan fingerprint density at radius 1 is 0.307 bits per heavy atom. The van der Waals surface area contributed by atoms with Crippen LogP contribution in [0, 0.1) is 13.8 Å². The highest BCUT2D eigenvalue weighted by Crippen LogP contribution is 2.55. The molecule has 0 N–H and O–H groups in total. The van der Waals surface area contributed by atoms with E-state index in [-0.39, 0.29) is 39.1 Å². The van der Waals surface area contributed by atoms with Gasteiger partial charge in [0.2, 0.25) is 0 Å². The molecule has 5 heteroatoms. The van der Waals surface area contributed by atoms with Crippen LogP contribution in [0.2, 0.25) is 0 Å². The lowest BCUT2D eigenvalue weighted by molar-refractivity contribution is 0.590. The van der Waals surface area contributed by atoms with Crippen molar-refractivity contribution >= 4 is 101 Å². The van der Waals surface area contributed by atoms with E-state index in [1.54, 1.807) is 9.80 Å². The van der Waals surface area contributed by atoms with Crippen molar-refractivity contribution in [2.24, 2.45) is 0 Å². The third-order valence-electron chi connectivity index (χ3n) is 19.0. The summed E-state index contributed by atoms with van der Waals surface area (Å²) >= 11 is 0. The highest BCUT2D eigenvalue weighted by molar-refractivity contribution is 7.00. The van der Waals surface area contributed by atoms with E-state index in [4.69, 9.17) is 8.22 Å². The van der Waals surface area contributed by atoms with Gasteiger partial charge in [0.1, 0.15) is 0 Å². The first-order chi connectivity index (χ1) is 62.1. The molecule has 2 aromatic heterocycles. The summed E-state index contributed by atoms with van der Waals surface area (Å²) in [6, 6.07) is 22.9. The second-order valence-electron chi connectivity index (χ2n) is 26.2. The standard InChI is InChI=1S/C96H71BN4/c1-62-52-77(66-32-16-8-17-33-66)94(78(53-62)67-34-18-9-19-35-67)100-89-60-73(98-85-42-26-24-40-75(85)81-56-70(44-50-87(81)98)64-28-12-6-13-29-64)46-48-83(89)97-84-49-47-74(99-86-43-27-25-41-76(86)82-57-71(45-51-88(82)99)65-30-14-7-15-31-65)61-90(84)101(92-59-72(96(3,4)5)58-91(100)93(92)97)95-79(68-36-20-10-21-37-68)54-63(2)55-80(95)69-38-22-11-23-39-69/h6-61H,1-5H3/i6D,7D,12D,13D,14D,15D,24D,25D,26D,27D,28D,29D,30D,31D,40D,41D,42D,43D,44D,45D,46D,47D,48D,49D,50D,51D,56D,57D,60D,61D. The Bertz CT molecular complexity index is 7400. The molecule has 0 bridgehead atoms. The second kappa shape index (κ2) is 23.7. The van der Waals surface area contributed by atoms with Crippen molar-refractivity contribution in [3.05, 3.63) is 356 Å². The summed E-state index contributed by atoms with van der Waals surface area (Å²) in [6.07, 6.45) is 0. The monoisotopic (exact) mass is 1320 g/mol. The van der Waals surface area contributed by atoms with E-state index in [0.29, 0.717) is 61.4 Å². The van der Waals surface area contributed by atoms with Gasteiger partial charge in [-0.1, -0.05) is 263 Å². The fraction of sp³-hybridized carbons (Fsp3) is 0.0625. The number of nitrogens with zero attached hydrogens (tertiary/aromatic N) is 4. The average molecular weight is 1320 g/mol. The van der Waals surface area contributed by atoms with Crippen LogP contribution in [-0.2, 0) is 5.41 Å². The van der Waals surface area contributed by atoms with E-state index in [1.807, 2.05) is 192 Å². The number of fused-ring (bicyclic) bond motifs is 10. The number of aromatic nitrogens is 2. The molecule has 2 aliphatic rings. The Morgan fingerprint density at radius 2 is 0.653 bits per heavy atom. The normalized spacial score (nSPS) is 16.7. The van der Waals surface area contributed by atoms with Crippen LogP contribution in [0.1, 0.15) is 78.6 Å². The lowest BCUT2D eigenvalue weighted by Crippen LogP contribution is -2.61. The van der Waals surface area contributed by atoms with E-state index in [0.717, 1.165) is 20.3 Å². The molecule has 0 saturated carbocycles. The summed E-state index contributed by atoms with van der Waals surface area (Å²) in [5.41, 5.74) is -0.861. The lowest BCUT2D eigenvalue weighted by Gasteiger charge is -2.46. The molecule has 0 spiro atoms. The molecule has 0 fully saturated rings. The first-order valence-corrected chi connectivity index (χ1v) is 32.9. The molecule has 15 aromatic carbocycles. The van der Waals surface area contributed by atoms with Gasteiger partial charge in [-0.2, -0.15) is 0 Å². The zero-order valence-electron chi connectivity index (χ0n) is 84.9. The maximum atomic E-state index is 11.8. The Morgan fingerprint density at radius 3 is 1.02 bits per heavy atom. The van der Waals surface area contributed by atoms with Crippen molar-refractivity contribution in [3.8, 4) is 78.1 Å². The van der Waals surface area contributed by atoms with E-state index in [2.05, 4.69) is 0 Å². The van der Waals surface area contributed by atoms with Gasteiger partial charge in [0.25, 0.3) is 6.71 Å². The quantitative estimate of drug-likeness (QED) is 0.127. The van der Waals surface area contributed by atoms with Crippen molar-refractivity contribution in [2.75, 3.05) is 9.80 Å². The Labute approximate surface area is 632 Å². The molecule has 4 nitrogen and oxygen atoms in total. The summed E-state index contributed by atoms with van der Waals surface area (Å²) in [5.74, 6) is 0. The van der Waals surface area contributed by atoms with Crippen LogP contribution in [-0.4, -0.2) is 15.8 Å². The summed E-state index contributed by atoms with van der Waals surface area (Å²) < 4.78 is 298. The molecule has 4 heterocycles. The molecule has 0 saturated heterocycles. The molecule has 0 aliphatic carbocycles. The Balaban J connectivity index is 1.06. The minimum Gasteiger partial charge on any atom is -0.310 e. The molecular weight excluding hydrogens is 1220 g/mol. The first kappa shape index (κ1) is 36.4. The minimum atomic E-state index is -1.77. The van der Waals surface area contributed by atoms with E-state index >= 15 is 0 Å². The number of benzene rings is 15. The summed E-state index contributed by atoms with van der Waals surface area (Å²) in [5, 5.41) is -2.12. The lowest BCUT2D eigenvalue weighted by atomic mass is 9.33. The average Bonchev–Trinajstić information content (AvgIpc) is 1.47. The van der Waals surface area contributed by atoms with E-state index in [1.165, 1.54) is 0 Å². The fourth-order valence-corrected chi connectivity index (χ4v) is 14.5. The van der Waals surface area contributed by atoms with Crippen LogP contribution in [0.3, 0.4) is 0 Å². The molecule has 0 amide bonds. The zero-order chi connectivity index (χ0) is 93.7. The van der Waals surface area contributed by atoms with Gasteiger partial charge in [0.15, 0.2) is 0 Å². The zero-order valence-corrected chi connectivity index (χ0v) is 54.9. The molecule has 0 atom stereocenters. The van der Waals surface area contributed by atoms with Gasteiger partial charge in [-0.25, -0.2) is 0 Å². The number of anilines is 6. The van der Waals surface area contributed by atoms with Crippen molar-refractivity contribution < 1.29 is 41.1 Å². The van der Waals surface area contributed by atoms with E-state index in [9.17, 15) is 32.9 Å². The summed E-state index contributed by atoms with van der Waals surface area (Å²) in [4.78, 5) is 3.57. The fourth-order valence-electron chi connectivity index (χ4n) is 14.5. The van der Waals surface area contributed by atoms with Crippen LogP contribution >= 0.6 is 0 Å². The SMILES string of the molecule is [2H]c1c([2H])c([2H])c(-c2c([2H])c([2H])c3c(c2[2H])c2c([2H])c([2H])c([2H])c([2H])c2n3-c2c([2H])c([2H])c3c(c2[2H])N(c2c(-c4ccccc4)cc(C)cc2-c2ccccc2)c2cc(C(C)(C)C)cc4c2B3c2c([2H])c([2H])c(-n3c5c([2H])c([2H])c([2H])c([2H])c5c5c([2H])c(-c6c([2H])c([2H])c([2H])c([2H])c6[2H])c([2H])c([2H])c53)c([2H])c2N4c2c(-c3ccccc3)cc(C)cc2-c2ccccc2)c([2H])c1[2H]. The van der Waals surface area contributed by atoms with Crippen LogP contribution in [0.4, 0.5) is 34.1 Å². The maximum absolute atomic E-state index is 11.8. The van der Waals surface area contributed by atoms with Crippen LogP contribution in [0.5, 0.6) is 0 Å². The van der Waals surface area contributed by atoms with E-state index < -0.39 is 271 Å². The number of hydrogen-bond acceptors (Lipinski definition) is 2. The number of para-hydroxylation sites is 2. The summed E-state index contributed by atoms with van der Waals surface area (Å²) in [7, 11) is 0. The number of aryl methyl sites for hydroxylation is 2. The van der Waals surface area contributed by atoms with Crippen LogP contribution in [0.25, 0.3) is 122 Å². The van der Waals surface area contributed by atoms with Crippen molar-refractivity contribution in [1.82, 2.24) is 9.13 Å². The molecule has 478 valence electrons. The third-order valence-corrected chi connectivity index (χ3v) is 19.0. The van der Waals surface area contributed by atoms with Gasteiger partial charge in [-0.3, -0.25) is 0 Å². The highest BCUT2D eigenvalue weighted by atomic mass is 15.2. The van der Waals surface area contributed by atoms with Gasteiger partial charge in [0.05, 0.1) is 74.6 Å². The molecule has 101 heavy (non-hydrogen) atoms. The predicted octanol–water partition coefficient (Wildman–Crippen LogP) is 23.9. The largest absolute Gasteiger partial charge is 0.310 e. The summed E-state index contributed by atoms with van der Waals surface area (Å²) in [6.45, 7) is 7.92. The Kier molecular flexibility index (Phi) is 8.53. The van der Waals surface area contributed by atoms with Gasteiger partial charge >= 0.3 is 0 Å². The topological polar surface area (TPSA) is 16.3 Å². The molecule has 0 unspecified atom stereocenters. The number of hydrogen-bond donors (Lipinski definition) is 0. The van der Waals surface area contributed by atoms with Crippen LogP contribution in [0.15, 0.2) is 339 Å². The highest BCUT2D eigenvalue weighted by Gasteiger charge is 2.46. The van der Waals surface area contributed by atoms with Gasteiger partial charge in [-0.15, -0.1) is 0 Å². The van der Waals surface area contributed by atoms with Gasteiger partial charge in [0, 0.05) is 77.9 Å². The van der Waals surface area contributed by atoms with Crippen molar-refractivity contribution in [1.29, 1.82) is 0 Å². The third kappa shape index (κ3) is 9.82. The van der Waals surface area contributed by atoms with Gasteiger partial charge < -0.3 is 18.9 Å². The second-order valence-corrected chi connectivity index (χ2v) is 26.2. The minimum absolute atomic E-state index is 0.208. The smallest absolute Gasteiger partial charge is 0.252 e. The van der Waals surface area contributed by atoms with Gasteiger partial charge in [-0.05, 0) is 194 Å². The van der Waals surface area contributed by atoms with Crippen molar-refractivity contribution in [2.45, 2.75) is 40.0 Å². The van der Waals surface area contributed by atoms with Crippen LogP contribution < -0.4 is 26.2 Å². The molecule has 17 aromatic rings. The molecule has 19 rings (SSSR count).